The topological polar surface area (TPSA) is 68.0 Å². The molecule has 1 N–H and O–H groups in total. The molecule has 2 aromatic heterocycles. The van der Waals surface area contributed by atoms with Crippen LogP contribution in [0.2, 0.25) is 0 Å². The minimum Gasteiger partial charge on any atom is -0.481 e. The number of hydrogen-bond donors (Lipinski definition) is 1. The second kappa shape index (κ2) is 4.50. The molecule has 98 valence electrons. The first-order valence-electron chi connectivity index (χ1n) is 6.36. The Hall–Kier alpha value is -2.17. The van der Waals surface area contributed by atoms with Crippen LogP contribution in [0.4, 0.5) is 0 Å². The summed E-state index contributed by atoms with van der Waals surface area (Å²) in [6.45, 7) is 2.49. The van der Waals surface area contributed by atoms with Crippen molar-refractivity contribution in [2.24, 2.45) is 5.92 Å². The zero-order valence-corrected chi connectivity index (χ0v) is 10.7. The Bertz CT molecular complexity index is 619. The largest absolute Gasteiger partial charge is 0.481 e. The Labute approximate surface area is 110 Å². The molecule has 1 unspecified atom stereocenters. The van der Waals surface area contributed by atoms with Crippen molar-refractivity contribution in [2.45, 2.75) is 26.3 Å². The number of imidazole rings is 1. The fourth-order valence-corrected chi connectivity index (χ4v) is 2.66. The molecule has 0 aliphatic carbocycles. The molecule has 0 saturated heterocycles. The molecule has 3 rings (SSSR count). The van der Waals surface area contributed by atoms with Crippen LogP contribution in [0.3, 0.4) is 0 Å². The molecule has 0 amide bonds. The predicted molar refractivity (Wildman–Crippen MR) is 69.6 cm³/mol. The smallest absolute Gasteiger partial charge is 0.308 e. The van der Waals surface area contributed by atoms with Crippen LogP contribution in [0.15, 0.2) is 24.5 Å². The molecule has 0 saturated carbocycles. The fourth-order valence-electron chi connectivity index (χ4n) is 2.66. The van der Waals surface area contributed by atoms with Gasteiger partial charge >= 0.3 is 5.97 Å². The van der Waals surface area contributed by atoms with Gasteiger partial charge in [0.05, 0.1) is 11.6 Å². The summed E-state index contributed by atoms with van der Waals surface area (Å²) in [5.41, 5.74) is 3.13. The Balaban J connectivity index is 2.07. The number of carbonyl (C=O) groups is 1. The zero-order valence-electron chi connectivity index (χ0n) is 10.7. The van der Waals surface area contributed by atoms with E-state index in [1.54, 1.807) is 12.4 Å². The SMILES string of the molecule is Cc1nc(-c2ccncc2)n2c1CCC(C(=O)O)C2. The van der Waals surface area contributed by atoms with E-state index in [1.165, 1.54) is 0 Å². The first-order valence-corrected chi connectivity index (χ1v) is 6.36. The van der Waals surface area contributed by atoms with E-state index in [1.807, 2.05) is 23.6 Å². The number of fused-ring (bicyclic) bond motifs is 1. The highest BCUT2D eigenvalue weighted by atomic mass is 16.4. The average Bonchev–Trinajstić information content (AvgIpc) is 2.77. The fraction of sp³-hybridized carbons (Fsp3) is 0.357. The van der Waals surface area contributed by atoms with Gasteiger partial charge in [0.1, 0.15) is 5.82 Å². The van der Waals surface area contributed by atoms with Gasteiger partial charge in [-0.25, -0.2) is 4.98 Å². The lowest BCUT2D eigenvalue weighted by Gasteiger charge is -2.22. The summed E-state index contributed by atoms with van der Waals surface area (Å²) in [5.74, 6) is -0.194. The number of carboxylic acid groups (broad SMARTS) is 1. The molecule has 5 heteroatoms. The van der Waals surface area contributed by atoms with Gasteiger partial charge in [0.15, 0.2) is 0 Å². The van der Waals surface area contributed by atoms with Crippen molar-refractivity contribution in [3.63, 3.8) is 0 Å². The van der Waals surface area contributed by atoms with Crippen molar-refractivity contribution >= 4 is 5.97 Å². The molecule has 1 aliphatic heterocycles. The van der Waals surface area contributed by atoms with Gasteiger partial charge in [0.25, 0.3) is 0 Å². The normalized spacial score (nSPS) is 18.1. The van der Waals surface area contributed by atoms with E-state index >= 15 is 0 Å². The summed E-state index contributed by atoms with van der Waals surface area (Å²) in [7, 11) is 0. The monoisotopic (exact) mass is 257 g/mol. The molecule has 19 heavy (non-hydrogen) atoms. The summed E-state index contributed by atoms with van der Waals surface area (Å²) >= 11 is 0. The van der Waals surface area contributed by atoms with Crippen molar-refractivity contribution in [3.8, 4) is 11.4 Å². The van der Waals surface area contributed by atoms with Crippen molar-refractivity contribution in [3.05, 3.63) is 35.9 Å². The molecule has 0 radical (unpaired) electrons. The molecule has 2 aromatic rings. The van der Waals surface area contributed by atoms with Gasteiger partial charge in [-0.05, 0) is 31.9 Å². The van der Waals surface area contributed by atoms with Gasteiger partial charge in [-0.15, -0.1) is 0 Å². The molecule has 1 aliphatic rings. The highest BCUT2D eigenvalue weighted by Crippen LogP contribution is 2.29. The van der Waals surface area contributed by atoms with Crippen LogP contribution in [0.5, 0.6) is 0 Å². The summed E-state index contributed by atoms with van der Waals surface area (Å²) in [5, 5.41) is 9.19. The second-order valence-corrected chi connectivity index (χ2v) is 4.89. The van der Waals surface area contributed by atoms with Crippen molar-refractivity contribution < 1.29 is 9.90 Å². The summed E-state index contributed by atoms with van der Waals surface area (Å²) < 4.78 is 2.05. The number of aromatic nitrogens is 3. The molecule has 3 heterocycles. The predicted octanol–water partition coefficient (Wildman–Crippen LogP) is 1.90. The van der Waals surface area contributed by atoms with Crippen LogP contribution in [0.1, 0.15) is 17.8 Å². The number of nitrogens with zero attached hydrogens (tertiary/aromatic N) is 3. The number of hydrogen-bond acceptors (Lipinski definition) is 3. The lowest BCUT2D eigenvalue weighted by molar-refractivity contribution is -0.142. The Morgan fingerprint density at radius 2 is 2.16 bits per heavy atom. The van der Waals surface area contributed by atoms with E-state index in [4.69, 9.17) is 0 Å². The molecule has 0 fully saturated rings. The van der Waals surface area contributed by atoms with E-state index in [0.717, 1.165) is 29.2 Å². The Kier molecular flexibility index (Phi) is 2.81. The quantitative estimate of drug-likeness (QED) is 0.892. The Morgan fingerprint density at radius 1 is 1.42 bits per heavy atom. The first-order chi connectivity index (χ1) is 9.16. The lowest BCUT2D eigenvalue weighted by Crippen LogP contribution is -2.27. The third-order valence-electron chi connectivity index (χ3n) is 3.69. The summed E-state index contributed by atoms with van der Waals surface area (Å²) in [6.07, 6.45) is 4.92. The van der Waals surface area contributed by atoms with Gasteiger partial charge in [-0.1, -0.05) is 0 Å². The van der Waals surface area contributed by atoms with Crippen molar-refractivity contribution in [1.82, 2.24) is 14.5 Å². The highest BCUT2D eigenvalue weighted by Gasteiger charge is 2.28. The third kappa shape index (κ3) is 2.01. The van der Waals surface area contributed by atoms with E-state index in [-0.39, 0.29) is 5.92 Å². The number of pyridine rings is 1. The van der Waals surface area contributed by atoms with Crippen LogP contribution in [-0.4, -0.2) is 25.6 Å². The van der Waals surface area contributed by atoms with Crippen LogP contribution in [0, 0.1) is 12.8 Å². The van der Waals surface area contributed by atoms with Gasteiger partial charge in [0, 0.05) is 30.2 Å². The molecule has 0 aromatic carbocycles. The van der Waals surface area contributed by atoms with E-state index < -0.39 is 5.97 Å². The third-order valence-corrected chi connectivity index (χ3v) is 3.69. The molecular weight excluding hydrogens is 242 g/mol. The van der Waals surface area contributed by atoms with E-state index in [9.17, 15) is 9.90 Å². The van der Waals surface area contributed by atoms with Crippen molar-refractivity contribution in [2.75, 3.05) is 0 Å². The van der Waals surface area contributed by atoms with Gasteiger partial charge in [-0.2, -0.15) is 0 Å². The second-order valence-electron chi connectivity index (χ2n) is 4.89. The molecule has 0 spiro atoms. The van der Waals surface area contributed by atoms with Crippen LogP contribution in [-0.2, 0) is 17.8 Å². The zero-order chi connectivity index (χ0) is 13.4. The maximum Gasteiger partial charge on any atom is 0.308 e. The standard InChI is InChI=1S/C14H15N3O2/c1-9-12-3-2-11(14(18)19)8-17(12)13(16-9)10-4-6-15-7-5-10/h4-7,11H,2-3,8H2,1H3,(H,18,19). The van der Waals surface area contributed by atoms with E-state index in [2.05, 4.69) is 9.97 Å². The van der Waals surface area contributed by atoms with Gasteiger partial charge in [0.2, 0.25) is 0 Å². The maximum absolute atomic E-state index is 11.2. The van der Waals surface area contributed by atoms with Gasteiger partial charge in [-0.3, -0.25) is 9.78 Å². The number of aryl methyl sites for hydroxylation is 1. The number of rotatable bonds is 2. The molecular formula is C14H15N3O2. The van der Waals surface area contributed by atoms with Crippen LogP contribution >= 0.6 is 0 Å². The maximum atomic E-state index is 11.2. The van der Waals surface area contributed by atoms with Crippen LogP contribution in [0.25, 0.3) is 11.4 Å². The van der Waals surface area contributed by atoms with Crippen LogP contribution < -0.4 is 0 Å². The molecule has 5 nitrogen and oxygen atoms in total. The van der Waals surface area contributed by atoms with E-state index in [0.29, 0.717) is 13.0 Å². The number of carboxylic acids is 1. The summed E-state index contributed by atoms with van der Waals surface area (Å²) in [6, 6.07) is 3.80. The number of aliphatic carboxylic acids is 1. The minimum atomic E-state index is -0.724. The summed E-state index contributed by atoms with van der Waals surface area (Å²) in [4.78, 5) is 19.8. The Morgan fingerprint density at radius 3 is 2.84 bits per heavy atom. The van der Waals surface area contributed by atoms with Gasteiger partial charge < -0.3 is 9.67 Å². The van der Waals surface area contributed by atoms with Crippen molar-refractivity contribution in [1.29, 1.82) is 0 Å². The lowest BCUT2D eigenvalue weighted by atomic mass is 9.97. The highest BCUT2D eigenvalue weighted by molar-refractivity contribution is 5.70. The minimum absolute atomic E-state index is 0.318. The first kappa shape index (κ1) is 11.9. The molecule has 1 atom stereocenters. The molecule has 0 bridgehead atoms. The average molecular weight is 257 g/mol.